The first-order valence-electron chi connectivity index (χ1n) is 4.74. The summed E-state index contributed by atoms with van der Waals surface area (Å²) in [4.78, 5) is 15.7. The minimum Gasteiger partial charge on any atom is -0.324 e. The van der Waals surface area contributed by atoms with E-state index < -0.39 is 0 Å². The molecular weight excluding hydrogens is 190 g/mol. The molecule has 0 aliphatic rings. The Morgan fingerprint density at radius 2 is 1.80 bits per heavy atom. The minimum atomic E-state index is 0.668. The van der Waals surface area contributed by atoms with Gasteiger partial charge in [-0.1, -0.05) is 13.8 Å². The molecule has 0 atom stereocenters. The van der Waals surface area contributed by atoms with E-state index >= 15 is 0 Å². The average Bonchev–Trinajstić information content (AvgIpc) is 2.34. The topological polar surface area (TPSA) is 63.6 Å². The van der Waals surface area contributed by atoms with Crippen molar-refractivity contribution in [2.24, 2.45) is 0 Å². The molecule has 0 spiro atoms. The van der Waals surface area contributed by atoms with Crippen LogP contribution < -0.4 is 5.32 Å². The lowest BCUT2D eigenvalue weighted by Gasteiger charge is -2.01. The first-order valence-corrected chi connectivity index (χ1v) is 4.74. The summed E-state index contributed by atoms with van der Waals surface area (Å²) >= 11 is 0. The average molecular weight is 203 g/mol. The van der Waals surface area contributed by atoms with Crippen molar-refractivity contribution in [3.05, 3.63) is 37.2 Å². The zero-order chi connectivity index (χ0) is 10.9. The summed E-state index contributed by atoms with van der Waals surface area (Å²) in [5.41, 5.74) is 0. The first-order chi connectivity index (χ1) is 7.45. The van der Waals surface area contributed by atoms with Crippen LogP contribution in [0.25, 0.3) is 0 Å². The molecule has 2 aromatic rings. The third-order valence-corrected chi connectivity index (χ3v) is 1.40. The number of anilines is 2. The summed E-state index contributed by atoms with van der Waals surface area (Å²) in [5, 5.41) is 2.98. The highest BCUT2D eigenvalue weighted by Crippen LogP contribution is 2.06. The Morgan fingerprint density at radius 3 is 2.40 bits per heavy atom. The van der Waals surface area contributed by atoms with E-state index in [4.69, 9.17) is 0 Å². The molecule has 5 nitrogen and oxygen atoms in total. The summed E-state index contributed by atoms with van der Waals surface area (Å²) in [6.45, 7) is 4.00. The SMILES string of the molecule is CC.c1cc(Nc2cnccn2)ncn1. The van der Waals surface area contributed by atoms with Gasteiger partial charge >= 0.3 is 0 Å². The van der Waals surface area contributed by atoms with E-state index in [0.29, 0.717) is 11.6 Å². The Bertz CT molecular complexity index is 325. The predicted molar refractivity (Wildman–Crippen MR) is 58.7 cm³/mol. The number of hydrogen-bond donors (Lipinski definition) is 1. The van der Waals surface area contributed by atoms with Gasteiger partial charge in [-0.25, -0.2) is 15.0 Å². The molecule has 2 rings (SSSR count). The van der Waals surface area contributed by atoms with Gasteiger partial charge in [-0.2, -0.15) is 0 Å². The Morgan fingerprint density at radius 1 is 0.933 bits per heavy atom. The van der Waals surface area contributed by atoms with Gasteiger partial charge in [0, 0.05) is 18.6 Å². The van der Waals surface area contributed by atoms with Gasteiger partial charge in [0.15, 0.2) is 0 Å². The highest BCUT2D eigenvalue weighted by atomic mass is 15.1. The van der Waals surface area contributed by atoms with Crippen LogP contribution in [0.3, 0.4) is 0 Å². The van der Waals surface area contributed by atoms with Crippen LogP contribution >= 0.6 is 0 Å². The smallest absolute Gasteiger partial charge is 0.150 e. The summed E-state index contributed by atoms with van der Waals surface area (Å²) in [6.07, 6.45) is 7.99. The molecule has 1 N–H and O–H groups in total. The number of rotatable bonds is 2. The summed E-state index contributed by atoms with van der Waals surface area (Å²) in [6, 6.07) is 1.76. The largest absolute Gasteiger partial charge is 0.324 e. The van der Waals surface area contributed by atoms with Crippen molar-refractivity contribution in [3.8, 4) is 0 Å². The van der Waals surface area contributed by atoms with Crippen molar-refractivity contribution in [2.45, 2.75) is 13.8 Å². The van der Waals surface area contributed by atoms with Crippen molar-refractivity contribution in [1.82, 2.24) is 19.9 Å². The summed E-state index contributed by atoms with van der Waals surface area (Å²) in [5.74, 6) is 1.37. The van der Waals surface area contributed by atoms with Gasteiger partial charge in [-0.15, -0.1) is 0 Å². The monoisotopic (exact) mass is 203 g/mol. The Hall–Kier alpha value is -2.04. The molecule has 5 heteroatoms. The van der Waals surface area contributed by atoms with E-state index in [0.717, 1.165) is 0 Å². The Labute approximate surface area is 88.7 Å². The van der Waals surface area contributed by atoms with Crippen LogP contribution in [-0.4, -0.2) is 19.9 Å². The molecular formula is C10H13N5. The minimum absolute atomic E-state index is 0.668. The van der Waals surface area contributed by atoms with Crippen LogP contribution in [0.15, 0.2) is 37.2 Å². The van der Waals surface area contributed by atoms with Gasteiger partial charge in [0.05, 0.1) is 6.20 Å². The zero-order valence-corrected chi connectivity index (χ0v) is 8.75. The Balaban J connectivity index is 0.000000531. The van der Waals surface area contributed by atoms with Gasteiger partial charge in [-0.05, 0) is 6.07 Å². The van der Waals surface area contributed by atoms with Crippen LogP contribution in [0.1, 0.15) is 13.8 Å². The molecule has 2 heterocycles. The lowest BCUT2D eigenvalue weighted by atomic mass is 10.5. The molecule has 0 aliphatic heterocycles. The summed E-state index contributed by atoms with van der Waals surface area (Å²) in [7, 11) is 0. The predicted octanol–water partition coefficient (Wildman–Crippen LogP) is 2.04. The fourth-order valence-electron chi connectivity index (χ4n) is 0.859. The van der Waals surface area contributed by atoms with Crippen LogP contribution in [0.4, 0.5) is 11.6 Å². The van der Waals surface area contributed by atoms with Crippen molar-refractivity contribution in [3.63, 3.8) is 0 Å². The second kappa shape index (κ2) is 6.42. The maximum absolute atomic E-state index is 4.04. The highest BCUT2D eigenvalue weighted by molar-refractivity contribution is 5.48. The maximum Gasteiger partial charge on any atom is 0.150 e. The molecule has 0 saturated carbocycles. The van der Waals surface area contributed by atoms with Crippen LogP contribution in [0, 0.1) is 0 Å². The molecule has 2 aromatic heterocycles. The van der Waals surface area contributed by atoms with E-state index in [9.17, 15) is 0 Å². The lowest BCUT2D eigenvalue weighted by Crippen LogP contribution is -1.95. The second-order valence-electron chi connectivity index (χ2n) is 2.31. The summed E-state index contributed by atoms with van der Waals surface area (Å²) < 4.78 is 0. The highest BCUT2D eigenvalue weighted by Gasteiger charge is 1.93. The Kier molecular flexibility index (Phi) is 4.72. The number of hydrogen-bond acceptors (Lipinski definition) is 5. The number of nitrogens with zero attached hydrogens (tertiary/aromatic N) is 4. The van der Waals surface area contributed by atoms with E-state index in [1.807, 2.05) is 13.8 Å². The molecule has 0 aliphatic carbocycles. The molecule has 0 unspecified atom stereocenters. The van der Waals surface area contributed by atoms with E-state index in [2.05, 4.69) is 25.3 Å². The molecule has 0 bridgehead atoms. The fraction of sp³-hybridized carbons (Fsp3) is 0.200. The van der Waals surface area contributed by atoms with Gasteiger partial charge < -0.3 is 5.32 Å². The van der Waals surface area contributed by atoms with E-state index in [-0.39, 0.29) is 0 Å². The number of aromatic nitrogens is 4. The molecule has 78 valence electrons. The molecule has 0 saturated heterocycles. The van der Waals surface area contributed by atoms with Gasteiger partial charge in [0.2, 0.25) is 0 Å². The molecule has 0 aromatic carbocycles. The molecule has 0 amide bonds. The van der Waals surface area contributed by atoms with Gasteiger partial charge in [0.1, 0.15) is 18.0 Å². The quantitative estimate of drug-likeness (QED) is 0.809. The third-order valence-electron chi connectivity index (χ3n) is 1.40. The molecule has 0 fully saturated rings. The number of nitrogens with one attached hydrogen (secondary N) is 1. The first kappa shape index (κ1) is 11.0. The third kappa shape index (κ3) is 3.68. The molecule has 0 radical (unpaired) electrons. The standard InChI is InChI=1S/C8H7N5.C2H6/c1-2-10-6-12-7(1)13-8-5-9-3-4-11-8;1-2/h1-6H,(H,10,11,12,13);1-2H3. The van der Waals surface area contributed by atoms with E-state index in [1.165, 1.54) is 6.33 Å². The van der Waals surface area contributed by atoms with Gasteiger partial charge in [-0.3, -0.25) is 4.98 Å². The lowest BCUT2D eigenvalue weighted by molar-refractivity contribution is 1.14. The zero-order valence-electron chi connectivity index (χ0n) is 8.75. The van der Waals surface area contributed by atoms with Gasteiger partial charge in [0.25, 0.3) is 0 Å². The maximum atomic E-state index is 4.04. The van der Waals surface area contributed by atoms with Crippen LogP contribution in [-0.2, 0) is 0 Å². The van der Waals surface area contributed by atoms with Crippen molar-refractivity contribution in [1.29, 1.82) is 0 Å². The van der Waals surface area contributed by atoms with Crippen LogP contribution in [0.5, 0.6) is 0 Å². The molecule has 15 heavy (non-hydrogen) atoms. The second-order valence-corrected chi connectivity index (χ2v) is 2.31. The normalized spacial score (nSPS) is 8.67. The fourth-order valence-corrected chi connectivity index (χ4v) is 0.859. The van der Waals surface area contributed by atoms with E-state index in [1.54, 1.807) is 30.9 Å². The van der Waals surface area contributed by atoms with Crippen LogP contribution in [0.2, 0.25) is 0 Å². The van der Waals surface area contributed by atoms with Crippen molar-refractivity contribution in [2.75, 3.05) is 5.32 Å². The van der Waals surface area contributed by atoms with Crippen molar-refractivity contribution >= 4 is 11.6 Å². The van der Waals surface area contributed by atoms with Crippen molar-refractivity contribution < 1.29 is 0 Å².